The fraction of sp³-hybridized carbons (Fsp3) is 0.375. The average Bonchev–Trinajstić information content (AvgIpc) is 3.01. The number of nitriles is 1. The highest BCUT2D eigenvalue weighted by atomic mass is 32.2. The Morgan fingerprint density at radius 1 is 1.27 bits per heavy atom. The van der Waals surface area contributed by atoms with Gasteiger partial charge in [-0.2, -0.15) is 5.26 Å². The summed E-state index contributed by atoms with van der Waals surface area (Å²) in [5.74, 6) is 0.585. The van der Waals surface area contributed by atoms with Crippen LogP contribution in [0.25, 0.3) is 5.69 Å². The Bertz CT molecular complexity index is 1180. The summed E-state index contributed by atoms with van der Waals surface area (Å²) >= 11 is 1.29. The molecule has 3 aromatic rings. The molecule has 1 N–H and O–H groups in total. The first kappa shape index (κ1) is 20.5. The Labute approximate surface area is 181 Å². The number of benzene rings is 1. The summed E-state index contributed by atoms with van der Waals surface area (Å²) in [5, 5.41) is 13.5. The van der Waals surface area contributed by atoms with E-state index in [9.17, 15) is 10.1 Å². The SMILES string of the molecule is Cc1[nH]n(-c2ccccc2)c(=O)c1Sc1nc2c(cc1C#N)CC(C(C)(C)C)CC2. The number of aromatic amines is 1. The number of rotatable bonds is 3. The number of aromatic nitrogens is 3. The predicted octanol–water partition coefficient (Wildman–Crippen LogP) is 5.04. The van der Waals surface area contributed by atoms with Gasteiger partial charge in [0.25, 0.3) is 5.56 Å². The molecule has 1 aliphatic rings. The van der Waals surface area contributed by atoms with Gasteiger partial charge >= 0.3 is 0 Å². The number of hydrogen-bond acceptors (Lipinski definition) is 4. The molecule has 0 saturated heterocycles. The number of nitrogens with zero attached hydrogens (tertiary/aromatic N) is 3. The smallest absolute Gasteiger partial charge is 0.285 e. The Morgan fingerprint density at radius 3 is 2.67 bits per heavy atom. The van der Waals surface area contributed by atoms with Gasteiger partial charge in [0.2, 0.25) is 0 Å². The van der Waals surface area contributed by atoms with Crippen LogP contribution in [-0.2, 0) is 12.8 Å². The molecule has 30 heavy (non-hydrogen) atoms. The van der Waals surface area contributed by atoms with E-state index in [-0.39, 0.29) is 11.0 Å². The minimum Gasteiger partial charge on any atom is -0.294 e. The van der Waals surface area contributed by atoms with Gasteiger partial charge in [-0.1, -0.05) is 50.7 Å². The molecule has 0 spiro atoms. The second-order valence-electron chi connectivity index (χ2n) is 9.01. The maximum Gasteiger partial charge on any atom is 0.285 e. The molecule has 1 atom stereocenters. The van der Waals surface area contributed by atoms with Crippen LogP contribution in [-0.4, -0.2) is 14.8 Å². The number of H-pyrrole nitrogens is 1. The second-order valence-corrected chi connectivity index (χ2v) is 10.0. The summed E-state index contributed by atoms with van der Waals surface area (Å²) in [6, 6.07) is 13.8. The largest absolute Gasteiger partial charge is 0.294 e. The quantitative estimate of drug-likeness (QED) is 0.646. The fourth-order valence-electron chi connectivity index (χ4n) is 4.05. The normalized spacial score (nSPS) is 16.2. The average molecular weight is 419 g/mol. The lowest BCUT2D eigenvalue weighted by molar-refractivity contribution is 0.214. The van der Waals surface area contributed by atoms with E-state index in [0.29, 0.717) is 21.4 Å². The number of pyridine rings is 1. The van der Waals surface area contributed by atoms with E-state index >= 15 is 0 Å². The van der Waals surface area contributed by atoms with Gasteiger partial charge in [-0.25, -0.2) is 9.67 Å². The molecule has 0 amide bonds. The van der Waals surface area contributed by atoms with Crippen molar-refractivity contribution < 1.29 is 0 Å². The molecule has 2 heterocycles. The van der Waals surface area contributed by atoms with Gasteiger partial charge in [-0.15, -0.1) is 0 Å². The van der Waals surface area contributed by atoms with Crippen molar-refractivity contribution in [2.45, 2.75) is 56.9 Å². The third-order valence-corrected chi connectivity index (χ3v) is 7.12. The van der Waals surface area contributed by atoms with Crippen molar-refractivity contribution in [1.29, 1.82) is 5.26 Å². The molecule has 5 nitrogen and oxygen atoms in total. The highest BCUT2D eigenvalue weighted by Gasteiger charge is 2.30. The van der Waals surface area contributed by atoms with E-state index < -0.39 is 0 Å². The minimum absolute atomic E-state index is 0.125. The zero-order valence-corrected chi connectivity index (χ0v) is 18.6. The van der Waals surface area contributed by atoms with E-state index in [2.05, 4.69) is 31.9 Å². The van der Waals surface area contributed by atoms with E-state index in [1.54, 1.807) is 0 Å². The molecular weight excluding hydrogens is 392 g/mol. The summed E-state index contributed by atoms with van der Waals surface area (Å²) < 4.78 is 1.54. The van der Waals surface area contributed by atoms with Gasteiger partial charge in [0.15, 0.2) is 0 Å². The van der Waals surface area contributed by atoms with Gasteiger partial charge in [0, 0.05) is 11.4 Å². The van der Waals surface area contributed by atoms with Gasteiger partial charge in [-0.3, -0.25) is 9.89 Å². The predicted molar refractivity (Wildman–Crippen MR) is 119 cm³/mol. The highest BCUT2D eigenvalue weighted by molar-refractivity contribution is 7.99. The third kappa shape index (κ3) is 3.82. The summed E-state index contributed by atoms with van der Waals surface area (Å²) in [5.41, 5.74) is 4.44. The zero-order valence-electron chi connectivity index (χ0n) is 17.8. The number of hydrogen-bond donors (Lipinski definition) is 1. The molecule has 4 rings (SSSR count). The summed E-state index contributed by atoms with van der Waals surface area (Å²) in [4.78, 5) is 18.5. The van der Waals surface area contributed by atoms with E-state index in [4.69, 9.17) is 4.98 Å². The van der Waals surface area contributed by atoms with E-state index in [1.165, 1.54) is 22.0 Å². The molecule has 1 aliphatic carbocycles. The Kier molecular flexibility index (Phi) is 5.33. The standard InChI is InChI=1S/C24H26N4OS/c1-15-21(23(29)28(27-15)19-8-6-5-7-9-19)30-22-17(14-25)12-16-13-18(24(2,3)4)10-11-20(16)26-22/h5-9,12,18,27H,10-11,13H2,1-4H3. The lowest BCUT2D eigenvalue weighted by Gasteiger charge is -2.34. The first-order valence-corrected chi connectivity index (χ1v) is 11.1. The molecule has 0 saturated carbocycles. The zero-order chi connectivity index (χ0) is 21.5. The van der Waals surface area contributed by atoms with Crippen LogP contribution in [0.4, 0.5) is 0 Å². The Balaban J connectivity index is 1.69. The van der Waals surface area contributed by atoms with Crippen molar-refractivity contribution in [1.82, 2.24) is 14.8 Å². The molecular formula is C24H26N4OS. The monoisotopic (exact) mass is 418 g/mol. The van der Waals surface area contributed by atoms with Crippen LogP contribution >= 0.6 is 11.8 Å². The molecule has 0 fully saturated rings. The number of para-hydroxylation sites is 1. The third-order valence-electron chi connectivity index (χ3n) is 5.93. The van der Waals surface area contributed by atoms with Crippen LogP contribution in [0, 0.1) is 29.6 Å². The van der Waals surface area contributed by atoms with E-state index in [0.717, 1.165) is 36.3 Å². The summed E-state index contributed by atoms with van der Waals surface area (Å²) in [6.07, 6.45) is 2.97. The lowest BCUT2D eigenvalue weighted by atomic mass is 9.71. The molecule has 2 aromatic heterocycles. The Hall–Kier alpha value is -2.78. The topological polar surface area (TPSA) is 74.5 Å². The van der Waals surface area contributed by atoms with Crippen LogP contribution in [0.3, 0.4) is 0 Å². The maximum atomic E-state index is 13.0. The first-order chi connectivity index (χ1) is 14.3. The van der Waals surface area contributed by atoms with Crippen molar-refractivity contribution in [2.24, 2.45) is 11.3 Å². The van der Waals surface area contributed by atoms with Crippen molar-refractivity contribution in [3.8, 4) is 11.8 Å². The molecule has 1 aromatic carbocycles. The van der Waals surface area contributed by atoms with Crippen molar-refractivity contribution in [3.05, 3.63) is 69.3 Å². The van der Waals surface area contributed by atoms with Crippen molar-refractivity contribution >= 4 is 11.8 Å². The lowest BCUT2D eigenvalue weighted by Crippen LogP contribution is -2.27. The molecule has 0 aliphatic heterocycles. The molecule has 0 bridgehead atoms. The van der Waals surface area contributed by atoms with Crippen LogP contribution in [0.1, 0.15) is 49.7 Å². The molecule has 1 unspecified atom stereocenters. The molecule has 0 radical (unpaired) electrons. The number of nitrogens with one attached hydrogen (secondary N) is 1. The molecule has 6 heteroatoms. The summed E-state index contributed by atoms with van der Waals surface area (Å²) in [7, 11) is 0. The van der Waals surface area contributed by atoms with Gasteiger partial charge in [-0.05, 0) is 61.3 Å². The van der Waals surface area contributed by atoms with Crippen molar-refractivity contribution in [2.75, 3.05) is 0 Å². The van der Waals surface area contributed by atoms with Crippen LogP contribution < -0.4 is 5.56 Å². The number of fused-ring (bicyclic) bond motifs is 1. The Morgan fingerprint density at radius 2 is 2.00 bits per heavy atom. The minimum atomic E-state index is -0.125. The van der Waals surface area contributed by atoms with Gasteiger partial charge in [0.05, 0.1) is 11.3 Å². The maximum absolute atomic E-state index is 13.0. The second kappa shape index (κ2) is 7.81. The van der Waals surface area contributed by atoms with Gasteiger partial charge in [0.1, 0.15) is 16.0 Å². The van der Waals surface area contributed by atoms with Crippen LogP contribution in [0.5, 0.6) is 0 Å². The summed E-state index contributed by atoms with van der Waals surface area (Å²) in [6.45, 7) is 8.70. The van der Waals surface area contributed by atoms with Crippen molar-refractivity contribution in [3.63, 3.8) is 0 Å². The van der Waals surface area contributed by atoms with E-state index in [1.807, 2.05) is 43.3 Å². The number of aryl methyl sites for hydroxylation is 2. The molecule has 154 valence electrons. The first-order valence-electron chi connectivity index (χ1n) is 10.3. The van der Waals surface area contributed by atoms with Crippen LogP contribution in [0.15, 0.2) is 51.1 Å². The van der Waals surface area contributed by atoms with Gasteiger partial charge < -0.3 is 0 Å². The highest BCUT2D eigenvalue weighted by Crippen LogP contribution is 2.38. The fourth-order valence-corrected chi connectivity index (χ4v) is 4.99. The van der Waals surface area contributed by atoms with Crippen LogP contribution in [0.2, 0.25) is 0 Å².